The number of methoxy groups -OCH3 is 1. The second-order valence-electron chi connectivity index (χ2n) is 4.82. The van der Waals surface area contributed by atoms with Crippen molar-refractivity contribution in [3.05, 3.63) is 24.3 Å². The van der Waals surface area contributed by atoms with Crippen LogP contribution in [0.3, 0.4) is 0 Å². The minimum atomic E-state index is 0.103. The van der Waals surface area contributed by atoms with Gasteiger partial charge in [-0.05, 0) is 50.7 Å². The SMILES string of the molecule is COc1ccc(NC(=O)C2CCCN(C)C2)cc1. The fourth-order valence-corrected chi connectivity index (χ4v) is 2.30. The summed E-state index contributed by atoms with van der Waals surface area (Å²) in [5.41, 5.74) is 0.828. The van der Waals surface area contributed by atoms with E-state index in [1.807, 2.05) is 24.3 Å². The van der Waals surface area contributed by atoms with Crippen molar-refractivity contribution in [2.24, 2.45) is 5.92 Å². The minimum Gasteiger partial charge on any atom is -0.497 e. The Labute approximate surface area is 108 Å². The number of nitrogens with one attached hydrogen (secondary N) is 1. The van der Waals surface area contributed by atoms with Crippen molar-refractivity contribution in [3.8, 4) is 5.75 Å². The van der Waals surface area contributed by atoms with Crippen LogP contribution in [-0.2, 0) is 4.79 Å². The molecule has 1 unspecified atom stereocenters. The average molecular weight is 248 g/mol. The monoisotopic (exact) mass is 248 g/mol. The molecule has 1 heterocycles. The fraction of sp³-hybridized carbons (Fsp3) is 0.500. The molecule has 1 amide bonds. The molecule has 1 fully saturated rings. The number of amides is 1. The van der Waals surface area contributed by atoms with Crippen molar-refractivity contribution >= 4 is 11.6 Å². The number of likely N-dealkylation sites (tertiary alicyclic amines) is 1. The molecule has 0 aromatic heterocycles. The molecule has 0 aliphatic carbocycles. The molecule has 4 nitrogen and oxygen atoms in total. The minimum absolute atomic E-state index is 0.103. The van der Waals surface area contributed by atoms with Gasteiger partial charge >= 0.3 is 0 Å². The molecular formula is C14H20N2O2. The number of hydrogen-bond acceptors (Lipinski definition) is 3. The Morgan fingerprint density at radius 1 is 1.39 bits per heavy atom. The van der Waals surface area contributed by atoms with Crippen molar-refractivity contribution in [2.75, 3.05) is 32.6 Å². The van der Waals surface area contributed by atoms with Crippen LogP contribution < -0.4 is 10.1 Å². The maximum Gasteiger partial charge on any atom is 0.228 e. The lowest BCUT2D eigenvalue weighted by molar-refractivity contribution is -0.121. The van der Waals surface area contributed by atoms with E-state index in [1.165, 1.54) is 0 Å². The lowest BCUT2D eigenvalue weighted by Gasteiger charge is -2.28. The summed E-state index contributed by atoms with van der Waals surface area (Å²) >= 11 is 0. The van der Waals surface area contributed by atoms with Crippen molar-refractivity contribution in [2.45, 2.75) is 12.8 Å². The summed E-state index contributed by atoms with van der Waals surface area (Å²) < 4.78 is 5.09. The molecule has 18 heavy (non-hydrogen) atoms. The van der Waals surface area contributed by atoms with Crippen molar-refractivity contribution in [1.82, 2.24) is 4.90 Å². The Bertz CT molecular complexity index is 403. The normalized spacial score (nSPS) is 20.4. The second-order valence-corrected chi connectivity index (χ2v) is 4.82. The molecule has 1 N–H and O–H groups in total. The molecule has 0 spiro atoms. The van der Waals surface area contributed by atoms with E-state index in [0.29, 0.717) is 0 Å². The summed E-state index contributed by atoms with van der Waals surface area (Å²) in [7, 11) is 3.69. The molecule has 1 aromatic carbocycles. The van der Waals surface area contributed by atoms with E-state index in [0.717, 1.165) is 37.4 Å². The Balaban J connectivity index is 1.93. The van der Waals surface area contributed by atoms with Crippen LogP contribution in [-0.4, -0.2) is 38.1 Å². The zero-order valence-electron chi connectivity index (χ0n) is 11.0. The van der Waals surface area contributed by atoms with E-state index < -0.39 is 0 Å². The standard InChI is InChI=1S/C14H20N2O2/c1-16-9-3-4-11(10-16)14(17)15-12-5-7-13(18-2)8-6-12/h5-8,11H,3-4,9-10H2,1-2H3,(H,15,17). The third-order valence-electron chi connectivity index (χ3n) is 3.35. The Hall–Kier alpha value is -1.55. The third-order valence-corrected chi connectivity index (χ3v) is 3.35. The zero-order chi connectivity index (χ0) is 13.0. The number of nitrogens with zero attached hydrogens (tertiary/aromatic N) is 1. The number of hydrogen-bond donors (Lipinski definition) is 1. The van der Waals surface area contributed by atoms with Gasteiger partial charge in [0.25, 0.3) is 0 Å². The molecule has 4 heteroatoms. The molecule has 98 valence electrons. The van der Waals surface area contributed by atoms with Gasteiger partial charge in [0.1, 0.15) is 5.75 Å². The summed E-state index contributed by atoms with van der Waals surface area (Å²) in [6.07, 6.45) is 2.07. The average Bonchev–Trinajstić information content (AvgIpc) is 2.39. The van der Waals surface area contributed by atoms with Gasteiger partial charge in [-0.3, -0.25) is 4.79 Å². The first-order valence-electron chi connectivity index (χ1n) is 6.32. The zero-order valence-corrected chi connectivity index (χ0v) is 11.0. The summed E-state index contributed by atoms with van der Waals surface area (Å²) in [4.78, 5) is 14.3. The van der Waals surface area contributed by atoms with Crippen LogP contribution in [0.2, 0.25) is 0 Å². The first kappa shape index (κ1) is 12.9. The van der Waals surface area contributed by atoms with E-state index in [-0.39, 0.29) is 11.8 Å². The number of anilines is 1. The van der Waals surface area contributed by atoms with Gasteiger partial charge in [-0.15, -0.1) is 0 Å². The fourth-order valence-electron chi connectivity index (χ4n) is 2.30. The quantitative estimate of drug-likeness (QED) is 0.889. The molecule has 1 atom stereocenters. The van der Waals surface area contributed by atoms with Crippen LogP contribution in [0.5, 0.6) is 5.75 Å². The molecule has 0 radical (unpaired) electrons. The number of carbonyl (C=O) groups is 1. The number of ether oxygens (including phenoxy) is 1. The van der Waals surface area contributed by atoms with Crippen LogP contribution in [0.1, 0.15) is 12.8 Å². The van der Waals surface area contributed by atoms with E-state index in [2.05, 4.69) is 17.3 Å². The van der Waals surface area contributed by atoms with Gasteiger partial charge in [0.05, 0.1) is 13.0 Å². The second kappa shape index (κ2) is 5.87. The van der Waals surface area contributed by atoms with Gasteiger partial charge in [0.2, 0.25) is 5.91 Å². The topological polar surface area (TPSA) is 41.6 Å². The highest BCUT2D eigenvalue weighted by atomic mass is 16.5. The van der Waals surface area contributed by atoms with Crippen molar-refractivity contribution in [3.63, 3.8) is 0 Å². The van der Waals surface area contributed by atoms with E-state index >= 15 is 0 Å². The van der Waals surface area contributed by atoms with Crippen molar-refractivity contribution in [1.29, 1.82) is 0 Å². The Kier molecular flexibility index (Phi) is 4.20. The van der Waals surface area contributed by atoms with E-state index in [4.69, 9.17) is 4.74 Å². The van der Waals surface area contributed by atoms with Crippen LogP contribution in [0.4, 0.5) is 5.69 Å². The van der Waals surface area contributed by atoms with Gasteiger partial charge in [-0.1, -0.05) is 0 Å². The van der Waals surface area contributed by atoms with Gasteiger partial charge in [0.15, 0.2) is 0 Å². The van der Waals surface area contributed by atoms with Crippen LogP contribution in [0.15, 0.2) is 24.3 Å². The lowest BCUT2D eigenvalue weighted by atomic mass is 9.97. The molecular weight excluding hydrogens is 228 g/mol. The number of benzene rings is 1. The summed E-state index contributed by atoms with van der Waals surface area (Å²) in [6, 6.07) is 7.43. The first-order chi connectivity index (χ1) is 8.69. The van der Waals surface area contributed by atoms with Crippen molar-refractivity contribution < 1.29 is 9.53 Å². The molecule has 2 rings (SSSR count). The van der Waals surface area contributed by atoms with Gasteiger partial charge in [0, 0.05) is 12.2 Å². The Morgan fingerprint density at radius 2 is 2.11 bits per heavy atom. The van der Waals surface area contributed by atoms with Gasteiger partial charge in [-0.25, -0.2) is 0 Å². The number of carbonyl (C=O) groups excluding carboxylic acids is 1. The molecule has 1 aliphatic rings. The smallest absolute Gasteiger partial charge is 0.228 e. The maximum atomic E-state index is 12.1. The third kappa shape index (κ3) is 3.23. The highest BCUT2D eigenvalue weighted by Gasteiger charge is 2.23. The first-order valence-corrected chi connectivity index (χ1v) is 6.32. The molecule has 0 bridgehead atoms. The van der Waals surface area contributed by atoms with Gasteiger partial charge in [-0.2, -0.15) is 0 Å². The summed E-state index contributed by atoms with van der Waals surface area (Å²) in [6.45, 7) is 1.94. The lowest BCUT2D eigenvalue weighted by Crippen LogP contribution is -2.38. The predicted molar refractivity (Wildman–Crippen MR) is 71.8 cm³/mol. The summed E-state index contributed by atoms with van der Waals surface area (Å²) in [5, 5.41) is 2.96. The maximum absolute atomic E-state index is 12.1. The summed E-state index contributed by atoms with van der Waals surface area (Å²) in [5.74, 6) is 1.02. The Morgan fingerprint density at radius 3 is 2.72 bits per heavy atom. The van der Waals surface area contributed by atoms with Gasteiger partial charge < -0.3 is 15.0 Å². The highest BCUT2D eigenvalue weighted by Crippen LogP contribution is 2.19. The largest absolute Gasteiger partial charge is 0.497 e. The van der Waals surface area contributed by atoms with Crippen LogP contribution >= 0.6 is 0 Å². The number of rotatable bonds is 3. The van der Waals surface area contributed by atoms with E-state index in [1.54, 1.807) is 7.11 Å². The molecule has 1 saturated heterocycles. The van der Waals surface area contributed by atoms with Crippen LogP contribution in [0.25, 0.3) is 0 Å². The number of piperidine rings is 1. The molecule has 0 saturated carbocycles. The highest BCUT2D eigenvalue weighted by molar-refractivity contribution is 5.92. The predicted octanol–water partition coefficient (Wildman–Crippen LogP) is 1.98. The van der Waals surface area contributed by atoms with E-state index in [9.17, 15) is 4.79 Å². The molecule has 1 aliphatic heterocycles. The molecule has 1 aromatic rings. The van der Waals surface area contributed by atoms with Crippen LogP contribution in [0, 0.1) is 5.92 Å².